The highest BCUT2D eigenvalue weighted by Crippen LogP contribution is 2.32. The normalized spacial score (nSPS) is 15.0. The van der Waals surface area contributed by atoms with E-state index in [4.69, 9.17) is 5.11 Å². The molecule has 2 atom stereocenters. The summed E-state index contributed by atoms with van der Waals surface area (Å²) in [6.45, 7) is 3.41. The molecule has 0 fully saturated rings. The first-order valence-electron chi connectivity index (χ1n) is 4.80. The Morgan fingerprint density at radius 1 is 1.40 bits per heavy atom. The van der Waals surface area contributed by atoms with Gasteiger partial charge in [-0.1, -0.05) is 13.0 Å². The highest BCUT2D eigenvalue weighted by molar-refractivity contribution is 8.00. The van der Waals surface area contributed by atoms with Gasteiger partial charge < -0.3 is 10.2 Å². The summed E-state index contributed by atoms with van der Waals surface area (Å²) < 4.78 is 13.4. The summed E-state index contributed by atoms with van der Waals surface area (Å²) >= 11 is 1.36. The minimum Gasteiger partial charge on any atom is -0.395 e. The maximum absolute atomic E-state index is 13.4. The van der Waals surface area contributed by atoms with Crippen LogP contribution >= 0.6 is 11.8 Å². The Morgan fingerprint density at radius 2 is 2.07 bits per heavy atom. The molecule has 0 radical (unpaired) electrons. The second kappa shape index (κ2) is 5.49. The molecule has 0 saturated carbocycles. The Bertz CT molecular complexity index is 328. The largest absolute Gasteiger partial charge is 0.395 e. The van der Waals surface area contributed by atoms with E-state index in [1.165, 1.54) is 24.8 Å². The van der Waals surface area contributed by atoms with Crippen LogP contribution in [0.25, 0.3) is 0 Å². The van der Waals surface area contributed by atoms with Crippen molar-refractivity contribution in [2.75, 3.05) is 6.61 Å². The van der Waals surface area contributed by atoms with Crippen LogP contribution in [0.2, 0.25) is 0 Å². The number of hydrogen-bond acceptors (Lipinski definition) is 3. The standard InChI is InChI=1S/C11H15FO2S/c1-7(6-13)15-10-5-3-4-9(12)11(10)8(2)14/h3-5,7-8,13-14H,6H2,1-2H3. The lowest BCUT2D eigenvalue weighted by Gasteiger charge is -2.14. The van der Waals surface area contributed by atoms with Crippen LogP contribution in [0.3, 0.4) is 0 Å². The molecule has 2 N–H and O–H groups in total. The SMILES string of the molecule is CC(CO)Sc1cccc(F)c1C(C)O. The van der Waals surface area contributed by atoms with Gasteiger partial charge in [0.15, 0.2) is 0 Å². The average Bonchev–Trinajstić information content (AvgIpc) is 2.17. The van der Waals surface area contributed by atoms with Gasteiger partial charge in [-0.2, -0.15) is 0 Å². The molecule has 0 spiro atoms. The third kappa shape index (κ3) is 3.19. The van der Waals surface area contributed by atoms with E-state index < -0.39 is 11.9 Å². The van der Waals surface area contributed by atoms with Crippen LogP contribution in [-0.4, -0.2) is 22.1 Å². The molecule has 1 aromatic carbocycles. The van der Waals surface area contributed by atoms with E-state index in [2.05, 4.69) is 0 Å². The first kappa shape index (κ1) is 12.5. The van der Waals surface area contributed by atoms with Gasteiger partial charge in [0, 0.05) is 15.7 Å². The lowest BCUT2D eigenvalue weighted by molar-refractivity contribution is 0.191. The number of benzene rings is 1. The maximum Gasteiger partial charge on any atom is 0.130 e. The van der Waals surface area contributed by atoms with E-state index in [9.17, 15) is 9.50 Å². The minimum atomic E-state index is -0.834. The maximum atomic E-state index is 13.4. The molecule has 0 heterocycles. The van der Waals surface area contributed by atoms with E-state index in [0.29, 0.717) is 10.5 Å². The van der Waals surface area contributed by atoms with Gasteiger partial charge >= 0.3 is 0 Å². The third-order valence-electron chi connectivity index (χ3n) is 2.02. The molecule has 1 rings (SSSR count). The van der Waals surface area contributed by atoms with E-state index in [1.54, 1.807) is 12.1 Å². The Labute approximate surface area is 93.1 Å². The molecular formula is C11H15FO2S. The molecule has 0 saturated heterocycles. The number of hydrogen-bond donors (Lipinski definition) is 2. The van der Waals surface area contributed by atoms with Crippen LogP contribution in [0.5, 0.6) is 0 Å². The number of aliphatic hydroxyl groups excluding tert-OH is 2. The molecule has 0 amide bonds. The first-order chi connectivity index (χ1) is 7.06. The number of thioether (sulfide) groups is 1. The predicted molar refractivity (Wildman–Crippen MR) is 59.4 cm³/mol. The van der Waals surface area contributed by atoms with E-state index >= 15 is 0 Å². The fourth-order valence-electron chi connectivity index (χ4n) is 1.28. The van der Waals surface area contributed by atoms with E-state index in [0.717, 1.165) is 0 Å². The number of rotatable bonds is 4. The zero-order valence-corrected chi connectivity index (χ0v) is 9.59. The smallest absolute Gasteiger partial charge is 0.130 e. The van der Waals surface area contributed by atoms with E-state index in [-0.39, 0.29) is 11.9 Å². The molecule has 2 nitrogen and oxygen atoms in total. The highest BCUT2D eigenvalue weighted by Gasteiger charge is 2.15. The van der Waals surface area contributed by atoms with Crippen LogP contribution in [-0.2, 0) is 0 Å². The number of aliphatic hydroxyl groups is 2. The second-order valence-corrected chi connectivity index (χ2v) is 4.92. The van der Waals surface area contributed by atoms with Crippen molar-refractivity contribution in [2.45, 2.75) is 30.1 Å². The van der Waals surface area contributed by atoms with Crippen molar-refractivity contribution in [1.29, 1.82) is 0 Å². The zero-order valence-electron chi connectivity index (χ0n) is 8.77. The summed E-state index contributed by atoms with van der Waals surface area (Å²) in [6, 6.07) is 4.69. The summed E-state index contributed by atoms with van der Waals surface area (Å²) in [5, 5.41) is 18.4. The predicted octanol–water partition coefficient (Wildman–Crippen LogP) is 2.35. The van der Waals surface area contributed by atoms with Gasteiger partial charge in [0.05, 0.1) is 12.7 Å². The zero-order chi connectivity index (χ0) is 11.4. The van der Waals surface area contributed by atoms with Crippen molar-refractivity contribution < 1.29 is 14.6 Å². The lowest BCUT2D eigenvalue weighted by Crippen LogP contribution is -2.05. The van der Waals surface area contributed by atoms with Gasteiger partial charge in [-0.15, -0.1) is 11.8 Å². The molecule has 84 valence electrons. The summed E-state index contributed by atoms with van der Waals surface area (Å²) in [5.74, 6) is -0.403. The van der Waals surface area contributed by atoms with Crippen molar-refractivity contribution in [3.05, 3.63) is 29.6 Å². The van der Waals surface area contributed by atoms with Crippen molar-refractivity contribution in [1.82, 2.24) is 0 Å². The Balaban J connectivity index is 3.00. The van der Waals surface area contributed by atoms with Crippen LogP contribution in [0.1, 0.15) is 25.5 Å². The van der Waals surface area contributed by atoms with Gasteiger partial charge in [0.25, 0.3) is 0 Å². The van der Waals surface area contributed by atoms with Gasteiger partial charge in [-0.25, -0.2) is 4.39 Å². The molecule has 0 aliphatic rings. The average molecular weight is 230 g/mol. The summed E-state index contributed by atoms with van der Waals surface area (Å²) in [6.07, 6.45) is -0.834. The molecule has 4 heteroatoms. The minimum absolute atomic E-state index is 0.00991. The first-order valence-corrected chi connectivity index (χ1v) is 5.68. The lowest BCUT2D eigenvalue weighted by atomic mass is 10.1. The van der Waals surface area contributed by atoms with Gasteiger partial charge in [0.2, 0.25) is 0 Å². The van der Waals surface area contributed by atoms with Gasteiger partial charge in [-0.05, 0) is 19.1 Å². The Morgan fingerprint density at radius 3 is 2.60 bits per heavy atom. The molecule has 2 unspecified atom stereocenters. The topological polar surface area (TPSA) is 40.5 Å². The molecule has 1 aromatic rings. The van der Waals surface area contributed by atoms with Crippen molar-refractivity contribution in [3.63, 3.8) is 0 Å². The van der Waals surface area contributed by atoms with Crippen molar-refractivity contribution >= 4 is 11.8 Å². The van der Waals surface area contributed by atoms with Crippen LogP contribution in [0.15, 0.2) is 23.1 Å². The van der Waals surface area contributed by atoms with Crippen LogP contribution < -0.4 is 0 Å². The fourth-order valence-corrected chi connectivity index (χ4v) is 2.34. The quantitative estimate of drug-likeness (QED) is 0.780. The summed E-state index contributed by atoms with van der Waals surface area (Å²) in [5.41, 5.74) is 0.308. The second-order valence-electron chi connectivity index (χ2n) is 3.44. The molecule has 0 aromatic heterocycles. The third-order valence-corrected chi connectivity index (χ3v) is 3.18. The fraction of sp³-hybridized carbons (Fsp3) is 0.455. The molecule has 0 aliphatic carbocycles. The van der Waals surface area contributed by atoms with Crippen molar-refractivity contribution in [3.8, 4) is 0 Å². The monoisotopic (exact) mass is 230 g/mol. The molecule has 0 bridgehead atoms. The van der Waals surface area contributed by atoms with Gasteiger partial charge in [0.1, 0.15) is 5.82 Å². The molecular weight excluding hydrogens is 215 g/mol. The van der Waals surface area contributed by atoms with Crippen molar-refractivity contribution in [2.24, 2.45) is 0 Å². The molecule has 0 aliphatic heterocycles. The Hall–Kier alpha value is -0.580. The summed E-state index contributed by atoms with van der Waals surface area (Å²) in [4.78, 5) is 0.687. The van der Waals surface area contributed by atoms with Crippen LogP contribution in [0.4, 0.5) is 4.39 Å². The van der Waals surface area contributed by atoms with Gasteiger partial charge in [-0.3, -0.25) is 0 Å². The van der Waals surface area contributed by atoms with E-state index in [1.807, 2.05) is 6.92 Å². The highest BCUT2D eigenvalue weighted by atomic mass is 32.2. The van der Waals surface area contributed by atoms with Crippen LogP contribution in [0, 0.1) is 5.82 Å². The molecule has 15 heavy (non-hydrogen) atoms. The Kier molecular flexibility index (Phi) is 4.57. The summed E-state index contributed by atoms with van der Waals surface area (Å²) in [7, 11) is 0. The number of halogens is 1.